The fourth-order valence-electron chi connectivity index (χ4n) is 3.34. The van der Waals surface area contributed by atoms with Gasteiger partial charge in [0.05, 0.1) is 5.69 Å². The molecule has 8 heteroatoms. The van der Waals surface area contributed by atoms with Crippen molar-refractivity contribution in [2.45, 2.75) is 44.3 Å². The van der Waals surface area contributed by atoms with E-state index in [0.717, 1.165) is 38.6 Å². The summed E-state index contributed by atoms with van der Waals surface area (Å²) in [6, 6.07) is 14.0. The molecule has 0 aliphatic carbocycles. The zero-order valence-electron chi connectivity index (χ0n) is 18.8. The first-order chi connectivity index (χ1) is 15.9. The van der Waals surface area contributed by atoms with Gasteiger partial charge in [0.15, 0.2) is 17.1 Å². The summed E-state index contributed by atoms with van der Waals surface area (Å²) in [5.74, 6) is 2.24. The first-order valence-corrected chi connectivity index (χ1v) is 12.8. The fourth-order valence-corrected chi connectivity index (χ4v) is 5.34. The smallest absolute Gasteiger partial charge is 0.192 e. The van der Waals surface area contributed by atoms with Crippen molar-refractivity contribution in [2.75, 3.05) is 0 Å². The average molecular weight is 497 g/mol. The number of hydrogen-bond donors (Lipinski definition) is 0. The molecule has 0 aliphatic heterocycles. The Labute approximate surface area is 207 Å². The Kier molecular flexibility index (Phi) is 7.53. The highest BCUT2D eigenvalue weighted by molar-refractivity contribution is 7.98. The fraction of sp³-hybridized carbons (Fsp3) is 0.240. The molecule has 4 aromatic rings. The highest BCUT2D eigenvalue weighted by Crippen LogP contribution is 2.30. The van der Waals surface area contributed by atoms with Crippen molar-refractivity contribution in [2.24, 2.45) is 0 Å². The number of ether oxygens (including phenoxy) is 1. The van der Waals surface area contributed by atoms with Crippen molar-refractivity contribution in [3.63, 3.8) is 0 Å². The number of hydrogen-bond acceptors (Lipinski definition) is 6. The van der Waals surface area contributed by atoms with Crippen LogP contribution in [0.5, 0.6) is 5.75 Å². The molecule has 33 heavy (non-hydrogen) atoms. The molecule has 0 N–H and O–H groups in total. The number of halogens is 1. The van der Waals surface area contributed by atoms with Crippen LogP contribution >= 0.6 is 34.7 Å². The molecule has 2 aromatic heterocycles. The highest BCUT2D eigenvalue weighted by atomic mass is 35.5. The van der Waals surface area contributed by atoms with Crippen LogP contribution in [0.15, 0.2) is 65.7 Å². The van der Waals surface area contributed by atoms with E-state index in [1.807, 2.05) is 42.7 Å². The Hall–Kier alpha value is -2.61. The molecule has 0 amide bonds. The molecule has 1 atom stereocenters. The lowest BCUT2D eigenvalue weighted by atomic mass is 10.2. The molecular weight excluding hydrogens is 472 g/mol. The first kappa shape index (κ1) is 23.5. The van der Waals surface area contributed by atoms with Gasteiger partial charge in [-0.3, -0.25) is 4.57 Å². The van der Waals surface area contributed by atoms with Crippen molar-refractivity contribution in [1.29, 1.82) is 0 Å². The van der Waals surface area contributed by atoms with Crippen LogP contribution in [0.2, 0.25) is 5.02 Å². The number of allylic oxidation sites excluding steroid dienone is 1. The van der Waals surface area contributed by atoms with Crippen LogP contribution in [0.25, 0.3) is 10.6 Å². The van der Waals surface area contributed by atoms with Gasteiger partial charge < -0.3 is 4.74 Å². The van der Waals surface area contributed by atoms with Gasteiger partial charge >= 0.3 is 0 Å². The van der Waals surface area contributed by atoms with Gasteiger partial charge in [-0.05, 0) is 44.5 Å². The van der Waals surface area contributed by atoms with Crippen molar-refractivity contribution >= 4 is 34.7 Å². The number of aromatic nitrogens is 4. The van der Waals surface area contributed by atoms with Gasteiger partial charge in [0.2, 0.25) is 0 Å². The van der Waals surface area contributed by atoms with Crippen LogP contribution in [0.4, 0.5) is 0 Å². The topological polar surface area (TPSA) is 52.8 Å². The van der Waals surface area contributed by atoms with Crippen molar-refractivity contribution in [3.05, 3.63) is 88.2 Å². The van der Waals surface area contributed by atoms with Crippen molar-refractivity contribution in [3.8, 4) is 16.3 Å². The summed E-state index contributed by atoms with van der Waals surface area (Å²) < 4.78 is 8.22. The van der Waals surface area contributed by atoms with Gasteiger partial charge in [-0.15, -0.1) is 28.1 Å². The molecule has 1 unspecified atom stereocenters. The van der Waals surface area contributed by atoms with E-state index in [4.69, 9.17) is 21.3 Å². The van der Waals surface area contributed by atoms with E-state index in [1.54, 1.807) is 23.1 Å². The quantitative estimate of drug-likeness (QED) is 0.180. The SMILES string of the molecule is C=CCn1c(SCc2csc(-c3ccc(C)cc3)n2)nnc1C(C)Oc1ccc(Cl)cc1C. The molecule has 170 valence electrons. The molecule has 4 rings (SSSR count). The molecule has 2 aromatic carbocycles. The normalized spacial score (nSPS) is 12.0. The third kappa shape index (κ3) is 5.66. The highest BCUT2D eigenvalue weighted by Gasteiger charge is 2.20. The minimum atomic E-state index is -0.279. The lowest BCUT2D eigenvalue weighted by Gasteiger charge is -2.17. The van der Waals surface area contributed by atoms with Crippen LogP contribution in [0, 0.1) is 13.8 Å². The molecule has 0 fully saturated rings. The predicted molar refractivity (Wildman–Crippen MR) is 137 cm³/mol. The van der Waals surface area contributed by atoms with Gasteiger partial charge in [0, 0.05) is 28.3 Å². The van der Waals surface area contributed by atoms with Crippen LogP contribution < -0.4 is 4.74 Å². The standard InChI is InChI=1S/C25H25ClN4OS2/c1-5-12-30-23(18(4)31-22-11-10-20(26)13-17(22)3)28-29-25(30)33-15-21-14-32-24(27-21)19-8-6-16(2)7-9-19/h5-11,13-14,18H,1,12,15H2,2-4H3. The predicted octanol–water partition coefficient (Wildman–Crippen LogP) is 7.29. The van der Waals surface area contributed by atoms with Gasteiger partial charge in [0.25, 0.3) is 0 Å². The van der Waals surface area contributed by atoms with Crippen molar-refractivity contribution < 1.29 is 4.74 Å². The summed E-state index contributed by atoms with van der Waals surface area (Å²) in [6.45, 7) is 10.5. The number of aryl methyl sites for hydroxylation is 2. The van der Waals surface area contributed by atoms with E-state index >= 15 is 0 Å². The Balaban J connectivity index is 1.47. The average Bonchev–Trinajstić information content (AvgIpc) is 3.42. The summed E-state index contributed by atoms with van der Waals surface area (Å²) in [4.78, 5) is 4.80. The van der Waals surface area contributed by atoms with Gasteiger partial charge in [-0.1, -0.05) is 59.3 Å². The lowest BCUT2D eigenvalue weighted by Crippen LogP contribution is -2.12. The zero-order valence-corrected chi connectivity index (χ0v) is 21.2. The number of nitrogens with zero attached hydrogens (tertiary/aromatic N) is 4. The summed E-state index contributed by atoms with van der Waals surface area (Å²) in [7, 11) is 0. The van der Waals surface area contributed by atoms with E-state index in [1.165, 1.54) is 5.56 Å². The number of rotatable bonds is 9. The van der Waals surface area contributed by atoms with E-state index < -0.39 is 0 Å². The first-order valence-electron chi connectivity index (χ1n) is 10.6. The zero-order chi connectivity index (χ0) is 23.4. The summed E-state index contributed by atoms with van der Waals surface area (Å²) in [5.41, 5.74) is 4.39. The Morgan fingerprint density at radius 2 is 1.97 bits per heavy atom. The molecule has 0 bridgehead atoms. The second kappa shape index (κ2) is 10.5. The Bertz CT molecular complexity index is 1250. The molecule has 0 saturated carbocycles. The molecule has 2 heterocycles. The molecule has 5 nitrogen and oxygen atoms in total. The van der Waals surface area contributed by atoms with E-state index in [2.05, 4.69) is 53.3 Å². The van der Waals surface area contributed by atoms with Crippen molar-refractivity contribution in [1.82, 2.24) is 19.7 Å². The largest absolute Gasteiger partial charge is 0.482 e. The van der Waals surface area contributed by atoms with E-state index in [9.17, 15) is 0 Å². The maximum atomic E-state index is 6.17. The van der Waals surface area contributed by atoms with Crippen LogP contribution in [-0.2, 0) is 12.3 Å². The Morgan fingerprint density at radius 1 is 1.18 bits per heavy atom. The second-order valence-corrected chi connectivity index (χ2v) is 9.95. The van der Waals surface area contributed by atoms with Crippen LogP contribution in [0.3, 0.4) is 0 Å². The molecular formula is C25H25ClN4OS2. The second-order valence-electron chi connectivity index (χ2n) is 7.71. The Morgan fingerprint density at radius 3 is 2.70 bits per heavy atom. The van der Waals surface area contributed by atoms with E-state index in [0.29, 0.717) is 17.3 Å². The summed E-state index contributed by atoms with van der Waals surface area (Å²) >= 11 is 9.34. The lowest BCUT2D eigenvalue weighted by molar-refractivity contribution is 0.209. The maximum absolute atomic E-state index is 6.17. The van der Waals surface area contributed by atoms with Gasteiger partial charge in [-0.2, -0.15) is 0 Å². The minimum absolute atomic E-state index is 0.279. The van der Waals surface area contributed by atoms with Gasteiger partial charge in [0.1, 0.15) is 10.8 Å². The molecule has 0 radical (unpaired) electrons. The molecule has 0 spiro atoms. The monoisotopic (exact) mass is 496 g/mol. The summed E-state index contributed by atoms with van der Waals surface area (Å²) in [5, 5.41) is 13.5. The number of thiazole rings is 1. The molecule has 0 aliphatic rings. The number of benzene rings is 2. The third-order valence-corrected chi connectivity index (χ3v) is 7.24. The van der Waals surface area contributed by atoms with E-state index in [-0.39, 0.29) is 6.10 Å². The number of thioether (sulfide) groups is 1. The van der Waals surface area contributed by atoms with Crippen LogP contribution in [0.1, 0.15) is 35.7 Å². The van der Waals surface area contributed by atoms with Gasteiger partial charge in [-0.25, -0.2) is 4.98 Å². The molecule has 0 saturated heterocycles. The summed E-state index contributed by atoms with van der Waals surface area (Å²) in [6.07, 6.45) is 1.56. The maximum Gasteiger partial charge on any atom is 0.192 e. The third-order valence-electron chi connectivity index (χ3n) is 5.06. The van der Waals surface area contributed by atoms with Crippen LogP contribution in [-0.4, -0.2) is 19.7 Å². The minimum Gasteiger partial charge on any atom is -0.482 e.